The third-order valence-electron chi connectivity index (χ3n) is 3.65. The van der Waals surface area contributed by atoms with Crippen LogP contribution >= 0.6 is 0 Å². The molecule has 170 valence electrons. The van der Waals surface area contributed by atoms with Gasteiger partial charge in [0.25, 0.3) is 5.91 Å². The van der Waals surface area contributed by atoms with Crippen LogP contribution in [0.15, 0.2) is 24.3 Å². The van der Waals surface area contributed by atoms with E-state index in [-0.39, 0.29) is 5.69 Å². The number of hydrogen-bond donors (Lipinski definition) is 1. The molecule has 0 aliphatic rings. The van der Waals surface area contributed by atoms with Crippen LogP contribution in [0.4, 0.5) is 5.69 Å². The molecule has 0 radical (unpaired) electrons. The standard InChI is InChI=1S/C20H25NO10/c1-11(22)28-10-17(29-12(2)23)18(30-13(3)24)19(31-14(4)25)20(26)21-15-8-6-7-9-16(15)27-5/h6-9,17-19H,10H2,1-5H3,(H,21,26)/t17-,18+,19-/m1/s1. The molecule has 31 heavy (non-hydrogen) atoms. The van der Waals surface area contributed by atoms with E-state index in [4.69, 9.17) is 23.7 Å². The van der Waals surface area contributed by atoms with E-state index in [1.807, 2.05) is 0 Å². The number of ether oxygens (including phenoxy) is 5. The Balaban J connectivity index is 3.33. The topological polar surface area (TPSA) is 144 Å². The summed E-state index contributed by atoms with van der Waals surface area (Å²) >= 11 is 0. The molecule has 11 nitrogen and oxygen atoms in total. The van der Waals surface area contributed by atoms with Crippen LogP contribution in [0.25, 0.3) is 0 Å². The molecule has 0 fully saturated rings. The number of hydrogen-bond acceptors (Lipinski definition) is 10. The SMILES string of the molecule is COc1ccccc1NC(=O)[C@H](OC(C)=O)[C@@H](OC(C)=O)[C@@H](COC(C)=O)OC(C)=O. The molecule has 0 aliphatic carbocycles. The Morgan fingerprint density at radius 1 is 0.839 bits per heavy atom. The fourth-order valence-electron chi connectivity index (χ4n) is 2.53. The Labute approximate surface area is 178 Å². The van der Waals surface area contributed by atoms with Gasteiger partial charge in [-0.25, -0.2) is 0 Å². The number of amides is 1. The van der Waals surface area contributed by atoms with Gasteiger partial charge in [-0.15, -0.1) is 0 Å². The van der Waals surface area contributed by atoms with Crippen LogP contribution in [-0.2, 0) is 42.9 Å². The first-order valence-electron chi connectivity index (χ1n) is 9.14. The molecule has 0 unspecified atom stereocenters. The monoisotopic (exact) mass is 439 g/mol. The highest BCUT2D eigenvalue weighted by atomic mass is 16.6. The van der Waals surface area contributed by atoms with Gasteiger partial charge in [0.15, 0.2) is 12.2 Å². The summed E-state index contributed by atoms with van der Waals surface area (Å²) in [6.45, 7) is 3.73. The molecule has 1 aromatic rings. The number of carbonyl (C=O) groups excluding carboxylic acids is 5. The minimum atomic E-state index is -1.74. The lowest BCUT2D eigenvalue weighted by Gasteiger charge is -2.31. The van der Waals surface area contributed by atoms with E-state index in [1.165, 1.54) is 13.2 Å². The molecule has 11 heteroatoms. The van der Waals surface area contributed by atoms with Gasteiger partial charge in [-0.05, 0) is 12.1 Å². The largest absolute Gasteiger partial charge is 0.495 e. The average molecular weight is 439 g/mol. The van der Waals surface area contributed by atoms with E-state index in [1.54, 1.807) is 18.2 Å². The Bertz CT molecular complexity index is 822. The van der Waals surface area contributed by atoms with Crippen LogP contribution in [0.5, 0.6) is 5.75 Å². The first-order chi connectivity index (χ1) is 14.5. The van der Waals surface area contributed by atoms with Crippen LogP contribution in [0.1, 0.15) is 27.7 Å². The smallest absolute Gasteiger partial charge is 0.303 e. The highest BCUT2D eigenvalue weighted by Gasteiger charge is 2.42. The number of nitrogens with one attached hydrogen (secondary N) is 1. The van der Waals surface area contributed by atoms with Gasteiger partial charge in [-0.2, -0.15) is 0 Å². The summed E-state index contributed by atoms with van der Waals surface area (Å²) in [5, 5.41) is 2.51. The van der Waals surface area contributed by atoms with E-state index >= 15 is 0 Å². The second-order valence-corrected chi connectivity index (χ2v) is 6.24. The second-order valence-electron chi connectivity index (χ2n) is 6.24. The minimum absolute atomic E-state index is 0.248. The lowest BCUT2D eigenvalue weighted by molar-refractivity contribution is -0.190. The Morgan fingerprint density at radius 2 is 1.42 bits per heavy atom. The van der Waals surface area contributed by atoms with Crippen LogP contribution < -0.4 is 10.1 Å². The van der Waals surface area contributed by atoms with Crippen molar-refractivity contribution in [1.29, 1.82) is 0 Å². The number of rotatable bonds is 10. The summed E-state index contributed by atoms with van der Waals surface area (Å²) in [5.74, 6) is -3.82. The number of carbonyl (C=O) groups is 5. The average Bonchev–Trinajstić information content (AvgIpc) is 2.67. The maximum atomic E-state index is 13.0. The van der Waals surface area contributed by atoms with Crippen molar-refractivity contribution in [2.24, 2.45) is 0 Å². The molecule has 1 rings (SSSR count). The lowest BCUT2D eigenvalue weighted by atomic mass is 10.1. The van der Waals surface area contributed by atoms with Crippen molar-refractivity contribution in [2.75, 3.05) is 19.0 Å². The summed E-state index contributed by atoms with van der Waals surface area (Å²) in [7, 11) is 1.39. The van der Waals surface area contributed by atoms with Gasteiger partial charge in [-0.1, -0.05) is 12.1 Å². The predicted molar refractivity (Wildman–Crippen MR) is 105 cm³/mol. The van der Waals surface area contributed by atoms with Gasteiger partial charge < -0.3 is 29.0 Å². The van der Waals surface area contributed by atoms with Crippen molar-refractivity contribution >= 4 is 35.5 Å². The lowest BCUT2D eigenvalue weighted by Crippen LogP contribution is -2.52. The van der Waals surface area contributed by atoms with Gasteiger partial charge in [0.05, 0.1) is 12.8 Å². The van der Waals surface area contributed by atoms with Crippen LogP contribution in [0.2, 0.25) is 0 Å². The van der Waals surface area contributed by atoms with Crippen molar-refractivity contribution in [1.82, 2.24) is 0 Å². The van der Waals surface area contributed by atoms with Gasteiger partial charge in [0.1, 0.15) is 12.4 Å². The number of benzene rings is 1. The molecular formula is C20H25NO10. The van der Waals surface area contributed by atoms with E-state index in [9.17, 15) is 24.0 Å². The molecule has 1 amide bonds. The summed E-state index contributed by atoms with van der Waals surface area (Å²) in [5.41, 5.74) is 0.248. The normalized spacial score (nSPS) is 13.1. The molecule has 0 saturated heterocycles. The maximum absolute atomic E-state index is 13.0. The second kappa shape index (κ2) is 12.2. The van der Waals surface area contributed by atoms with Gasteiger partial charge >= 0.3 is 23.9 Å². The molecule has 0 aliphatic heterocycles. The van der Waals surface area contributed by atoms with Crippen molar-refractivity contribution in [2.45, 2.75) is 46.0 Å². The zero-order chi connectivity index (χ0) is 23.6. The number of para-hydroxylation sites is 2. The van der Waals surface area contributed by atoms with Gasteiger partial charge in [0, 0.05) is 27.7 Å². The van der Waals surface area contributed by atoms with Crippen molar-refractivity contribution in [3.05, 3.63) is 24.3 Å². The summed E-state index contributed by atoms with van der Waals surface area (Å²) in [4.78, 5) is 59.1. The Hall–Kier alpha value is -3.63. The van der Waals surface area contributed by atoms with Crippen LogP contribution in [-0.4, -0.2) is 61.8 Å². The fraction of sp³-hybridized carbons (Fsp3) is 0.450. The van der Waals surface area contributed by atoms with E-state index in [0.29, 0.717) is 5.75 Å². The third kappa shape index (κ3) is 8.72. The molecule has 0 heterocycles. The number of methoxy groups -OCH3 is 1. The molecule has 0 saturated carbocycles. The fourth-order valence-corrected chi connectivity index (χ4v) is 2.53. The zero-order valence-corrected chi connectivity index (χ0v) is 17.8. The summed E-state index contributed by atoms with van der Waals surface area (Å²) in [6.07, 6.45) is -4.79. The molecule has 0 aromatic heterocycles. The van der Waals surface area contributed by atoms with Crippen molar-refractivity contribution < 1.29 is 47.7 Å². The molecular weight excluding hydrogens is 414 g/mol. The quantitative estimate of drug-likeness (QED) is 0.414. The Morgan fingerprint density at radius 3 is 1.94 bits per heavy atom. The third-order valence-corrected chi connectivity index (χ3v) is 3.65. The van der Waals surface area contributed by atoms with E-state index < -0.39 is 54.7 Å². The first kappa shape index (κ1) is 25.4. The van der Waals surface area contributed by atoms with E-state index in [2.05, 4.69) is 5.32 Å². The van der Waals surface area contributed by atoms with Crippen molar-refractivity contribution in [3.63, 3.8) is 0 Å². The Kier molecular flexibility index (Phi) is 9.96. The minimum Gasteiger partial charge on any atom is -0.495 e. The summed E-state index contributed by atoms with van der Waals surface area (Å²) < 4.78 is 25.3. The van der Waals surface area contributed by atoms with Gasteiger partial charge in [0.2, 0.25) is 6.10 Å². The van der Waals surface area contributed by atoms with Crippen molar-refractivity contribution in [3.8, 4) is 5.75 Å². The highest BCUT2D eigenvalue weighted by molar-refractivity contribution is 5.97. The molecule has 0 spiro atoms. The maximum Gasteiger partial charge on any atom is 0.303 e. The highest BCUT2D eigenvalue weighted by Crippen LogP contribution is 2.24. The number of anilines is 1. The van der Waals surface area contributed by atoms with E-state index in [0.717, 1.165) is 27.7 Å². The molecule has 0 bridgehead atoms. The zero-order valence-electron chi connectivity index (χ0n) is 17.8. The first-order valence-corrected chi connectivity index (χ1v) is 9.14. The summed E-state index contributed by atoms with van der Waals surface area (Å²) in [6, 6.07) is 6.42. The molecule has 1 aromatic carbocycles. The molecule has 3 atom stereocenters. The van der Waals surface area contributed by atoms with Crippen LogP contribution in [0.3, 0.4) is 0 Å². The predicted octanol–water partition coefficient (Wildman–Crippen LogP) is 0.992. The molecule has 1 N–H and O–H groups in total. The van der Waals surface area contributed by atoms with Crippen LogP contribution in [0, 0.1) is 0 Å². The van der Waals surface area contributed by atoms with Gasteiger partial charge in [-0.3, -0.25) is 24.0 Å². The number of esters is 4.